The molecular weight excluding hydrogens is 116 g/mol. The Balaban J connectivity index is 3.07. The smallest absolute Gasteiger partial charge is 0.0536 e. The molecule has 0 atom stereocenters. The first-order valence-electron chi connectivity index (χ1n) is 3.19. The second-order valence-electron chi connectivity index (χ2n) is 1.92. The van der Waals surface area contributed by atoms with Crippen LogP contribution in [0.5, 0.6) is 0 Å². The second-order valence-corrected chi connectivity index (χ2v) is 3.50. The molecule has 0 aliphatic rings. The number of rotatable bonds is 4. The van der Waals surface area contributed by atoms with E-state index in [9.17, 15) is 0 Å². The summed E-state index contributed by atoms with van der Waals surface area (Å²) < 4.78 is 0. The lowest BCUT2D eigenvalue weighted by atomic mass is 10.6. The van der Waals surface area contributed by atoms with Gasteiger partial charge in [0, 0.05) is 9.52 Å². The first-order valence-corrected chi connectivity index (χ1v) is 5.61. The largest absolute Gasteiger partial charge is 0.305 e. The van der Waals surface area contributed by atoms with Gasteiger partial charge in [0.15, 0.2) is 0 Å². The SMILES string of the molecule is CNC(C[SiH2]C)NC. The van der Waals surface area contributed by atoms with Crippen molar-refractivity contribution < 1.29 is 0 Å². The molecule has 50 valence electrons. The molecule has 0 rings (SSSR count). The van der Waals surface area contributed by atoms with Crippen LogP contribution in [0.3, 0.4) is 0 Å². The molecule has 2 nitrogen and oxygen atoms in total. The van der Waals surface area contributed by atoms with Crippen LogP contribution in [-0.4, -0.2) is 29.8 Å². The second kappa shape index (κ2) is 5.28. The molecule has 0 amide bonds. The van der Waals surface area contributed by atoms with Gasteiger partial charge < -0.3 is 10.6 Å². The van der Waals surface area contributed by atoms with E-state index in [4.69, 9.17) is 0 Å². The third-order valence-corrected chi connectivity index (χ3v) is 2.43. The molecule has 0 aromatic carbocycles. The molecule has 0 spiro atoms. The maximum Gasteiger partial charge on any atom is 0.0536 e. The van der Waals surface area contributed by atoms with Gasteiger partial charge in [0.1, 0.15) is 0 Å². The van der Waals surface area contributed by atoms with Gasteiger partial charge in [-0.15, -0.1) is 0 Å². The molecule has 0 aliphatic carbocycles. The molecule has 0 aromatic heterocycles. The molecule has 0 unspecified atom stereocenters. The van der Waals surface area contributed by atoms with Crippen molar-refractivity contribution in [2.45, 2.75) is 18.8 Å². The zero-order chi connectivity index (χ0) is 6.41. The van der Waals surface area contributed by atoms with E-state index in [2.05, 4.69) is 17.2 Å². The Bertz CT molecular complexity index is 45.7. The van der Waals surface area contributed by atoms with Crippen LogP contribution in [0.25, 0.3) is 0 Å². The minimum Gasteiger partial charge on any atom is -0.305 e. The lowest BCUT2D eigenvalue weighted by Crippen LogP contribution is -2.37. The van der Waals surface area contributed by atoms with Crippen molar-refractivity contribution in [3.8, 4) is 0 Å². The normalized spacial score (nSPS) is 12.0. The highest BCUT2D eigenvalue weighted by atomic mass is 28.2. The van der Waals surface area contributed by atoms with E-state index < -0.39 is 0 Å². The summed E-state index contributed by atoms with van der Waals surface area (Å²) in [4.78, 5) is 0. The van der Waals surface area contributed by atoms with Crippen LogP contribution in [0.15, 0.2) is 0 Å². The molecule has 0 saturated carbocycles. The highest BCUT2D eigenvalue weighted by Gasteiger charge is 1.96. The van der Waals surface area contributed by atoms with Gasteiger partial charge in [0.25, 0.3) is 0 Å². The van der Waals surface area contributed by atoms with Crippen LogP contribution < -0.4 is 10.6 Å². The fourth-order valence-electron chi connectivity index (χ4n) is 0.722. The average molecular weight is 132 g/mol. The molecular formula is C5H16N2Si. The third kappa shape index (κ3) is 3.18. The van der Waals surface area contributed by atoms with E-state index in [0.717, 1.165) is 0 Å². The molecule has 0 aromatic rings. The quantitative estimate of drug-likeness (QED) is 0.394. The Labute approximate surface area is 53.9 Å². The van der Waals surface area contributed by atoms with Gasteiger partial charge in [0.2, 0.25) is 0 Å². The van der Waals surface area contributed by atoms with Crippen molar-refractivity contribution in [2.75, 3.05) is 14.1 Å². The zero-order valence-corrected chi connectivity index (χ0v) is 7.41. The Morgan fingerprint density at radius 1 is 1.38 bits per heavy atom. The highest BCUT2D eigenvalue weighted by Crippen LogP contribution is 1.82. The zero-order valence-electron chi connectivity index (χ0n) is 5.99. The minimum absolute atomic E-state index is 0.220. The van der Waals surface area contributed by atoms with Gasteiger partial charge in [-0.05, 0) is 20.1 Å². The van der Waals surface area contributed by atoms with Crippen molar-refractivity contribution in [3.63, 3.8) is 0 Å². The maximum atomic E-state index is 3.18. The molecule has 0 radical (unpaired) electrons. The average Bonchev–Trinajstić information content (AvgIpc) is 1.83. The molecule has 0 heterocycles. The van der Waals surface area contributed by atoms with Gasteiger partial charge in [0.05, 0.1) is 6.17 Å². The van der Waals surface area contributed by atoms with Crippen molar-refractivity contribution >= 4 is 9.52 Å². The molecule has 0 aliphatic heterocycles. The fourth-order valence-corrected chi connectivity index (χ4v) is 1.88. The minimum atomic E-state index is 0.220. The van der Waals surface area contributed by atoms with Crippen LogP contribution in [0.4, 0.5) is 0 Å². The molecule has 8 heavy (non-hydrogen) atoms. The summed E-state index contributed by atoms with van der Waals surface area (Å²) in [6.45, 7) is 2.32. The van der Waals surface area contributed by atoms with Gasteiger partial charge in [-0.2, -0.15) is 0 Å². The van der Waals surface area contributed by atoms with Crippen LogP contribution in [0, 0.1) is 0 Å². The van der Waals surface area contributed by atoms with E-state index in [0.29, 0.717) is 6.17 Å². The third-order valence-electron chi connectivity index (χ3n) is 1.27. The van der Waals surface area contributed by atoms with E-state index in [1.165, 1.54) is 6.04 Å². The van der Waals surface area contributed by atoms with Crippen molar-refractivity contribution in [2.24, 2.45) is 0 Å². The van der Waals surface area contributed by atoms with Crippen LogP contribution in [-0.2, 0) is 0 Å². The fraction of sp³-hybridized carbons (Fsp3) is 1.00. The molecule has 3 heteroatoms. The van der Waals surface area contributed by atoms with Gasteiger partial charge >= 0.3 is 0 Å². The first-order chi connectivity index (χ1) is 3.85. The Morgan fingerprint density at radius 3 is 2.00 bits per heavy atom. The maximum absolute atomic E-state index is 3.18. The van der Waals surface area contributed by atoms with Crippen molar-refractivity contribution in [1.29, 1.82) is 0 Å². The summed E-state index contributed by atoms with van der Waals surface area (Å²) >= 11 is 0. The predicted molar refractivity (Wildman–Crippen MR) is 41.1 cm³/mol. The lowest BCUT2D eigenvalue weighted by Gasteiger charge is -2.12. The lowest BCUT2D eigenvalue weighted by molar-refractivity contribution is 0.535. The number of hydrogen-bond acceptors (Lipinski definition) is 2. The molecule has 0 fully saturated rings. The van der Waals surface area contributed by atoms with Gasteiger partial charge in [-0.25, -0.2) is 0 Å². The van der Waals surface area contributed by atoms with Crippen molar-refractivity contribution in [3.05, 3.63) is 0 Å². The van der Waals surface area contributed by atoms with E-state index in [1.807, 2.05) is 14.1 Å². The summed E-state index contributed by atoms with van der Waals surface area (Å²) in [5.41, 5.74) is 0. The van der Waals surface area contributed by atoms with Crippen LogP contribution >= 0.6 is 0 Å². The van der Waals surface area contributed by atoms with E-state index in [1.54, 1.807) is 0 Å². The first kappa shape index (κ1) is 8.14. The Kier molecular flexibility index (Phi) is 5.37. The van der Waals surface area contributed by atoms with E-state index in [-0.39, 0.29) is 9.52 Å². The summed E-state index contributed by atoms with van der Waals surface area (Å²) in [5.74, 6) is 0. The summed E-state index contributed by atoms with van der Waals surface area (Å²) in [5, 5.41) is 6.35. The molecule has 2 N–H and O–H groups in total. The topological polar surface area (TPSA) is 24.1 Å². The number of nitrogens with one attached hydrogen (secondary N) is 2. The monoisotopic (exact) mass is 132 g/mol. The Morgan fingerprint density at radius 2 is 1.88 bits per heavy atom. The van der Waals surface area contributed by atoms with E-state index >= 15 is 0 Å². The molecule has 0 bridgehead atoms. The Hall–Kier alpha value is 0.137. The van der Waals surface area contributed by atoms with Crippen LogP contribution in [0.2, 0.25) is 12.6 Å². The standard InChI is InChI=1S/C5H16N2Si/c1-6-5(7-2)4-8-3/h5-7H,4,8H2,1-3H3. The summed E-state index contributed by atoms with van der Waals surface area (Å²) in [6.07, 6.45) is 0.562. The predicted octanol–water partition coefficient (Wildman–Crippen LogP) is -0.614. The van der Waals surface area contributed by atoms with Gasteiger partial charge in [-0.3, -0.25) is 0 Å². The van der Waals surface area contributed by atoms with Crippen molar-refractivity contribution in [1.82, 2.24) is 10.6 Å². The summed E-state index contributed by atoms with van der Waals surface area (Å²) in [7, 11) is 4.20. The summed E-state index contributed by atoms with van der Waals surface area (Å²) in [6, 6.07) is 1.34. The van der Waals surface area contributed by atoms with Gasteiger partial charge in [-0.1, -0.05) is 6.55 Å². The number of hydrogen-bond donors (Lipinski definition) is 2. The highest BCUT2D eigenvalue weighted by molar-refractivity contribution is 6.33. The molecule has 0 saturated heterocycles. The van der Waals surface area contributed by atoms with Crippen LogP contribution in [0.1, 0.15) is 0 Å².